The van der Waals surface area contributed by atoms with E-state index in [1.54, 1.807) is 24.3 Å². The van der Waals surface area contributed by atoms with Crippen molar-refractivity contribution in [1.29, 1.82) is 0 Å². The molecule has 0 atom stereocenters. The number of hydrogen-bond donors (Lipinski definition) is 1. The molecule has 0 fully saturated rings. The van der Waals surface area contributed by atoms with Gasteiger partial charge in [-0.1, -0.05) is 29.8 Å². The van der Waals surface area contributed by atoms with Gasteiger partial charge in [-0.3, -0.25) is 4.79 Å². The summed E-state index contributed by atoms with van der Waals surface area (Å²) >= 11 is 5.67. The first-order valence-electron chi connectivity index (χ1n) is 5.80. The zero-order valence-electron chi connectivity index (χ0n) is 10.4. The molecule has 0 saturated heterocycles. The molecule has 98 valence electrons. The van der Waals surface area contributed by atoms with E-state index in [4.69, 9.17) is 17.3 Å². The topological polar surface area (TPSA) is 43.1 Å². The molecule has 0 aromatic heterocycles. The van der Waals surface area contributed by atoms with Gasteiger partial charge in [0.15, 0.2) is 5.78 Å². The molecule has 0 saturated carbocycles. The second-order valence-corrected chi connectivity index (χ2v) is 4.84. The van der Waals surface area contributed by atoms with E-state index in [2.05, 4.69) is 0 Å². The van der Waals surface area contributed by atoms with E-state index in [9.17, 15) is 9.18 Å². The molecule has 2 nitrogen and oxygen atoms in total. The number of anilines is 1. The number of nitrogens with two attached hydrogens (primary N) is 1. The molecule has 0 aliphatic rings. The number of nitrogen functional groups attached to an aromatic ring is 1. The lowest BCUT2D eigenvalue weighted by Crippen LogP contribution is -2.06. The first-order chi connectivity index (χ1) is 8.97. The minimum atomic E-state index is -0.471. The molecule has 0 bridgehead atoms. The van der Waals surface area contributed by atoms with Crippen molar-refractivity contribution < 1.29 is 9.18 Å². The van der Waals surface area contributed by atoms with Crippen LogP contribution in [0.1, 0.15) is 21.5 Å². The molecule has 2 aromatic rings. The fourth-order valence-corrected chi connectivity index (χ4v) is 1.91. The Hall–Kier alpha value is -1.87. The molecular formula is C15H13ClFNO. The molecule has 0 aliphatic carbocycles. The van der Waals surface area contributed by atoms with Crippen LogP contribution in [0.25, 0.3) is 0 Å². The molecular weight excluding hydrogens is 265 g/mol. The summed E-state index contributed by atoms with van der Waals surface area (Å²) in [6, 6.07) is 9.38. The first kappa shape index (κ1) is 13.6. The summed E-state index contributed by atoms with van der Waals surface area (Å²) in [7, 11) is 0. The lowest BCUT2D eigenvalue weighted by atomic mass is 10.0. The van der Waals surface area contributed by atoms with Gasteiger partial charge in [0.25, 0.3) is 0 Å². The van der Waals surface area contributed by atoms with Crippen LogP contribution < -0.4 is 5.73 Å². The van der Waals surface area contributed by atoms with Gasteiger partial charge in [0, 0.05) is 22.7 Å². The van der Waals surface area contributed by atoms with Crippen molar-refractivity contribution in [2.45, 2.75) is 13.3 Å². The number of hydrogen-bond acceptors (Lipinski definition) is 2. The van der Waals surface area contributed by atoms with Gasteiger partial charge < -0.3 is 5.73 Å². The molecule has 0 unspecified atom stereocenters. The maximum Gasteiger partial charge on any atom is 0.167 e. The van der Waals surface area contributed by atoms with Crippen molar-refractivity contribution in [3.63, 3.8) is 0 Å². The molecule has 0 spiro atoms. The number of rotatable bonds is 3. The zero-order chi connectivity index (χ0) is 14.0. The Balaban J connectivity index is 2.23. The highest BCUT2D eigenvalue weighted by molar-refractivity contribution is 6.30. The number of carbonyl (C=O) groups excluding carboxylic acids is 1. The Labute approximate surface area is 116 Å². The number of ketones is 1. The molecule has 2 rings (SSSR count). The van der Waals surface area contributed by atoms with Crippen LogP contribution in [-0.2, 0) is 6.42 Å². The predicted octanol–water partition coefficient (Wildman–Crippen LogP) is 3.80. The van der Waals surface area contributed by atoms with Gasteiger partial charge in [-0.05, 0) is 36.2 Å². The average molecular weight is 278 g/mol. The summed E-state index contributed by atoms with van der Waals surface area (Å²) in [5, 5.41) is 0.313. The SMILES string of the molecule is Cc1ccc(C(=O)Cc2ccc(Cl)cc2F)cc1N. The van der Waals surface area contributed by atoms with E-state index in [1.165, 1.54) is 12.1 Å². The monoisotopic (exact) mass is 277 g/mol. The van der Waals surface area contributed by atoms with Crippen molar-refractivity contribution >= 4 is 23.1 Å². The summed E-state index contributed by atoms with van der Waals surface area (Å²) < 4.78 is 13.6. The number of Topliss-reactive ketones (excluding diaryl/α,β-unsaturated/α-hetero) is 1. The van der Waals surface area contributed by atoms with E-state index in [0.29, 0.717) is 21.8 Å². The summed E-state index contributed by atoms with van der Waals surface area (Å²) in [5.41, 5.74) is 8.04. The van der Waals surface area contributed by atoms with Crippen LogP contribution in [0.4, 0.5) is 10.1 Å². The summed E-state index contributed by atoms with van der Waals surface area (Å²) in [6.07, 6.45) is -0.00843. The minimum Gasteiger partial charge on any atom is -0.398 e. The maximum atomic E-state index is 13.6. The van der Waals surface area contributed by atoms with Crippen LogP contribution in [-0.4, -0.2) is 5.78 Å². The summed E-state index contributed by atoms with van der Waals surface area (Å²) in [4.78, 5) is 12.1. The van der Waals surface area contributed by atoms with Crippen molar-refractivity contribution in [1.82, 2.24) is 0 Å². The van der Waals surface area contributed by atoms with Crippen molar-refractivity contribution in [3.05, 3.63) is 63.9 Å². The molecule has 0 heterocycles. The first-order valence-corrected chi connectivity index (χ1v) is 6.18. The lowest BCUT2D eigenvalue weighted by Gasteiger charge is -2.06. The van der Waals surface area contributed by atoms with Crippen LogP contribution in [0.5, 0.6) is 0 Å². The number of aryl methyl sites for hydroxylation is 1. The third-order valence-electron chi connectivity index (χ3n) is 2.97. The molecule has 0 aliphatic heterocycles. The fourth-order valence-electron chi connectivity index (χ4n) is 1.75. The quantitative estimate of drug-likeness (QED) is 0.685. The number of halogens is 2. The van der Waals surface area contributed by atoms with E-state index in [-0.39, 0.29) is 12.2 Å². The Morgan fingerprint density at radius 1 is 1.26 bits per heavy atom. The van der Waals surface area contributed by atoms with Gasteiger partial charge in [-0.25, -0.2) is 4.39 Å². The largest absolute Gasteiger partial charge is 0.398 e. The Morgan fingerprint density at radius 2 is 2.00 bits per heavy atom. The third kappa shape index (κ3) is 3.12. The smallest absolute Gasteiger partial charge is 0.167 e. The molecule has 2 N–H and O–H groups in total. The Kier molecular flexibility index (Phi) is 3.86. The van der Waals surface area contributed by atoms with Gasteiger partial charge >= 0.3 is 0 Å². The fraction of sp³-hybridized carbons (Fsp3) is 0.133. The van der Waals surface area contributed by atoms with E-state index >= 15 is 0 Å². The molecule has 4 heteroatoms. The second kappa shape index (κ2) is 5.41. The van der Waals surface area contributed by atoms with Gasteiger partial charge in [0.2, 0.25) is 0 Å². The number of benzene rings is 2. The molecule has 0 radical (unpaired) electrons. The van der Waals surface area contributed by atoms with E-state index in [0.717, 1.165) is 5.56 Å². The predicted molar refractivity (Wildman–Crippen MR) is 75.0 cm³/mol. The average Bonchev–Trinajstić information content (AvgIpc) is 2.36. The number of carbonyl (C=O) groups is 1. The zero-order valence-corrected chi connectivity index (χ0v) is 11.2. The van der Waals surface area contributed by atoms with Crippen LogP contribution in [0, 0.1) is 12.7 Å². The van der Waals surface area contributed by atoms with Crippen LogP contribution in [0.3, 0.4) is 0 Å². The minimum absolute atomic E-state index is 0.00843. The summed E-state index contributed by atoms with van der Waals surface area (Å²) in [5.74, 6) is -0.645. The van der Waals surface area contributed by atoms with Crippen molar-refractivity contribution in [3.8, 4) is 0 Å². The van der Waals surface area contributed by atoms with Crippen LogP contribution in [0.15, 0.2) is 36.4 Å². The molecule has 19 heavy (non-hydrogen) atoms. The molecule has 2 aromatic carbocycles. The van der Waals surface area contributed by atoms with Crippen molar-refractivity contribution in [2.75, 3.05) is 5.73 Å². The van der Waals surface area contributed by atoms with E-state index < -0.39 is 5.82 Å². The summed E-state index contributed by atoms with van der Waals surface area (Å²) in [6.45, 7) is 1.86. The van der Waals surface area contributed by atoms with Crippen molar-refractivity contribution in [2.24, 2.45) is 0 Å². The third-order valence-corrected chi connectivity index (χ3v) is 3.20. The second-order valence-electron chi connectivity index (χ2n) is 4.41. The molecule has 0 amide bonds. The lowest BCUT2D eigenvalue weighted by molar-refractivity contribution is 0.0992. The highest BCUT2D eigenvalue weighted by atomic mass is 35.5. The normalized spacial score (nSPS) is 10.5. The Morgan fingerprint density at radius 3 is 2.63 bits per heavy atom. The van der Waals surface area contributed by atoms with Crippen LogP contribution >= 0.6 is 11.6 Å². The standard InChI is InChI=1S/C15H13ClFNO/c1-9-2-3-11(6-14(9)18)15(19)7-10-4-5-12(16)8-13(10)17/h2-6,8H,7,18H2,1H3. The Bertz CT molecular complexity index is 640. The van der Waals surface area contributed by atoms with E-state index in [1.807, 2.05) is 6.92 Å². The van der Waals surface area contributed by atoms with Crippen LogP contribution in [0.2, 0.25) is 5.02 Å². The van der Waals surface area contributed by atoms with Gasteiger partial charge in [-0.2, -0.15) is 0 Å². The van der Waals surface area contributed by atoms with Gasteiger partial charge in [0.05, 0.1) is 0 Å². The maximum absolute atomic E-state index is 13.6. The van der Waals surface area contributed by atoms with Gasteiger partial charge in [-0.15, -0.1) is 0 Å². The highest BCUT2D eigenvalue weighted by Crippen LogP contribution is 2.18. The highest BCUT2D eigenvalue weighted by Gasteiger charge is 2.11. The van der Waals surface area contributed by atoms with Gasteiger partial charge in [0.1, 0.15) is 5.82 Å².